The second-order valence-electron chi connectivity index (χ2n) is 6.09. The normalized spacial score (nSPS) is 23.1. The zero-order chi connectivity index (χ0) is 15.7. The van der Waals surface area contributed by atoms with Crippen molar-refractivity contribution in [3.63, 3.8) is 0 Å². The summed E-state index contributed by atoms with van der Waals surface area (Å²) in [4.78, 5) is 25.5. The van der Waals surface area contributed by atoms with Gasteiger partial charge in [0.1, 0.15) is 11.5 Å². The summed E-state index contributed by atoms with van der Waals surface area (Å²) in [5, 5.41) is 9.27. The number of carboxylic acid groups (broad SMARTS) is 1. The van der Waals surface area contributed by atoms with Gasteiger partial charge in [0, 0.05) is 6.54 Å². The van der Waals surface area contributed by atoms with Gasteiger partial charge in [-0.3, -0.25) is 9.59 Å². The van der Waals surface area contributed by atoms with Gasteiger partial charge in [0.05, 0.1) is 13.2 Å². The maximum Gasteiger partial charge on any atom is 0.319 e. The number of nitrogens with zero attached hydrogens (tertiary/aromatic N) is 1. The van der Waals surface area contributed by atoms with Gasteiger partial charge < -0.3 is 14.7 Å². The third-order valence-corrected chi connectivity index (χ3v) is 4.68. The highest BCUT2D eigenvalue weighted by Gasteiger charge is 2.58. The van der Waals surface area contributed by atoms with Crippen LogP contribution in [0, 0.1) is 5.41 Å². The molecule has 22 heavy (non-hydrogen) atoms. The highest BCUT2D eigenvalue weighted by Crippen LogP contribution is 2.48. The summed E-state index contributed by atoms with van der Waals surface area (Å²) in [6, 6.07) is 8.20. The first kappa shape index (κ1) is 15.0. The Hall–Kier alpha value is -1.88. The van der Waals surface area contributed by atoms with Crippen LogP contribution in [0.5, 0.6) is 0 Å². The summed E-state index contributed by atoms with van der Waals surface area (Å²) < 4.78 is 5.77. The largest absolute Gasteiger partial charge is 0.480 e. The molecule has 1 saturated heterocycles. The molecule has 118 valence electrons. The summed E-state index contributed by atoms with van der Waals surface area (Å²) in [6.45, 7) is 3.45. The Kier molecular flexibility index (Phi) is 3.91. The Morgan fingerprint density at radius 3 is 2.55 bits per heavy atom. The van der Waals surface area contributed by atoms with Crippen LogP contribution in [0.1, 0.15) is 37.0 Å². The number of rotatable bonds is 4. The summed E-state index contributed by atoms with van der Waals surface area (Å²) in [5.74, 6) is -1.24. The van der Waals surface area contributed by atoms with E-state index < -0.39 is 11.4 Å². The van der Waals surface area contributed by atoms with Crippen molar-refractivity contribution in [1.29, 1.82) is 0 Å². The van der Waals surface area contributed by atoms with E-state index in [9.17, 15) is 14.7 Å². The monoisotopic (exact) mass is 303 g/mol. The van der Waals surface area contributed by atoms with Crippen LogP contribution in [-0.2, 0) is 20.7 Å². The molecule has 0 radical (unpaired) electrons. The molecule has 0 aromatic heterocycles. The van der Waals surface area contributed by atoms with Crippen molar-refractivity contribution >= 4 is 11.9 Å². The number of morpholine rings is 1. The molecule has 0 spiro atoms. The Morgan fingerprint density at radius 1 is 1.32 bits per heavy atom. The van der Waals surface area contributed by atoms with E-state index in [0.717, 1.165) is 12.0 Å². The molecule has 1 unspecified atom stereocenters. The van der Waals surface area contributed by atoms with Crippen molar-refractivity contribution in [2.75, 3.05) is 19.7 Å². The van der Waals surface area contributed by atoms with Crippen molar-refractivity contribution in [3.05, 3.63) is 35.4 Å². The average molecular weight is 303 g/mol. The number of ether oxygens (including phenoxy) is 1. The highest BCUT2D eigenvalue weighted by atomic mass is 16.5. The number of carbonyl (C=O) groups is 2. The number of benzene rings is 1. The predicted molar refractivity (Wildman–Crippen MR) is 80.4 cm³/mol. The number of amides is 1. The van der Waals surface area contributed by atoms with E-state index in [1.165, 1.54) is 5.56 Å². The third-order valence-electron chi connectivity index (χ3n) is 4.68. The Labute approximate surface area is 129 Å². The third kappa shape index (κ3) is 2.61. The number of hydrogen-bond donors (Lipinski definition) is 1. The maximum atomic E-state index is 12.5. The lowest BCUT2D eigenvalue weighted by Gasteiger charge is -2.34. The van der Waals surface area contributed by atoms with Gasteiger partial charge >= 0.3 is 5.97 Å². The van der Waals surface area contributed by atoms with Crippen LogP contribution < -0.4 is 0 Å². The molecule has 2 aliphatic rings. The minimum absolute atomic E-state index is 0.173. The molecular formula is C17H21NO4. The number of aryl methyl sites for hydroxylation is 1. The average Bonchev–Trinajstić information content (AvgIpc) is 3.36. The molecule has 0 bridgehead atoms. The van der Waals surface area contributed by atoms with E-state index in [4.69, 9.17) is 4.74 Å². The van der Waals surface area contributed by atoms with Gasteiger partial charge in [-0.25, -0.2) is 0 Å². The van der Waals surface area contributed by atoms with Crippen molar-refractivity contribution in [2.24, 2.45) is 5.41 Å². The van der Waals surface area contributed by atoms with Gasteiger partial charge in [0.2, 0.25) is 5.91 Å². The molecule has 1 N–H and O–H groups in total. The van der Waals surface area contributed by atoms with Crippen LogP contribution in [0.2, 0.25) is 0 Å². The molecule has 1 aromatic rings. The van der Waals surface area contributed by atoms with E-state index in [0.29, 0.717) is 32.5 Å². The standard InChI is InChI=1S/C17H21NO4/c1-2-12-3-5-13(6-4-12)14-11-18(9-10-22-14)15(19)17(7-8-17)16(20)21/h3-6,14H,2,7-11H2,1H3,(H,20,21). The van der Waals surface area contributed by atoms with E-state index in [-0.39, 0.29) is 12.0 Å². The van der Waals surface area contributed by atoms with E-state index in [1.807, 2.05) is 12.1 Å². The van der Waals surface area contributed by atoms with Crippen LogP contribution in [0.15, 0.2) is 24.3 Å². The fourth-order valence-corrected chi connectivity index (χ4v) is 2.95. The van der Waals surface area contributed by atoms with E-state index in [1.54, 1.807) is 4.90 Å². The Morgan fingerprint density at radius 2 is 2.00 bits per heavy atom. The number of carbonyl (C=O) groups excluding carboxylic acids is 1. The van der Waals surface area contributed by atoms with Gasteiger partial charge in [-0.1, -0.05) is 31.2 Å². The van der Waals surface area contributed by atoms with Gasteiger partial charge in [-0.05, 0) is 30.4 Å². The summed E-state index contributed by atoms with van der Waals surface area (Å²) in [6.07, 6.45) is 1.72. The first-order valence-corrected chi connectivity index (χ1v) is 7.80. The SMILES string of the molecule is CCc1ccc(C2CN(C(=O)C3(C(=O)O)CC3)CCO2)cc1. The quantitative estimate of drug-likeness (QED) is 0.864. The van der Waals surface area contributed by atoms with Crippen LogP contribution in [0.3, 0.4) is 0 Å². The topological polar surface area (TPSA) is 66.8 Å². The lowest BCUT2D eigenvalue weighted by molar-refractivity contribution is -0.157. The Bertz CT molecular complexity index is 577. The van der Waals surface area contributed by atoms with Crippen molar-refractivity contribution in [2.45, 2.75) is 32.3 Å². The molecule has 1 aromatic carbocycles. The van der Waals surface area contributed by atoms with Gasteiger partial charge in [0.25, 0.3) is 0 Å². The molecule has 1 atom stereocenters. The second-order valence-corrected chi connectivity index (χ2v) is 6.09. The van der Waals surface area contributed by atoms with Crippen molar-refractivity contribution in [3.8, 4) is 0 Å². The van der Waals surface area contributed by atoms with Gasteiger partial charge in [0.15, 0.2) is 0 Å². The second kappa shape index (κ2) is 5.72. The zero-order valence-corrected chi connectivity index (χ0v) is 12.7. The van der Waals surface area contributed by atoms with Crippen LogP contribution in [-0.4, -0.2) is 41.6 Å². The fraction of sp³-hybridized carbons (Fsp3) is 0.529. The molecule has 5 nitrogen and oxygen atoms in total. The van der Waals surface area contributed by atoms with Crippen LogP contribution in [0.4, 0.5) is 0 Å². The number of aliphatic carboxylic acids is 1. The molecule has 1 aliphatic carbocycles. The molecule has 3 rings (SSSR count). The molecule has 2 fully saturated rings. The van der Waals surface area contributed by atoms with E-state index >= 15 is 0 Å². The van der Waals surface area contributed by atoms with Gasteiger partial charge in [-0.15, -0.1) is 0 Å². The lowest BCUT2D eigenvalue weighted by atomic mass is 10.0. The maximum absolute atomic E-state index is 12.5. The molecule has 1 saturated carbocycles. The smallest absolute Gasteiger partial charge is 0.319 e. The first-order chi connectivity index (χ1) is 10.6. The summed E-state index contributed by atoms with van der Waals surface area (Å²) >= 11 is 0. The number of carboxylic acids is 1. The molecule has 5 heteroatoms. The fourth-order valence-electron chi connectivity index (χ4n) is 2.95. The van der Waals surface area contributed by atoms with Crippen molar-refractivity contribution in [1.82, 2.24) is 4.90 Å². The van der Waals surface area contributed by atoms with E-state index in [2.05, 4.69) is 19.1 Å². The summed E-state index contributed by atoms with van der Waals surface area (Å²) in [7, 11) is 0. The van der Waals surface area contributed by atoms with Gasteiger partial charge in [-0.2, -0.15) is 0 Å². The molecule has 1 aliphatic heterocycles. The predicted octanol–water partition coefficient (Wildman–Crippen LogP) is 2.01. The van der Waals surface area contributed by atoms with Crippen molar-refractivity contribution < 1.29 is 19.4 Å². The summed E-state index contributed by atoms with van der Waals surface area (Å²) in [5.41, 5.74) is 1.14. The van der Waals surface area contributed by atoms with Crippen LogP contribution >= 0.6 is 0 Å². The minimum Gasteiger partial charge on any atom is -0.480 e. The lowest BCUT2D eigenvalue weighted by Crippen LogP contribution is -2.47. The Balaban J connectivity index is 1.71. The minimum atomic E-state index is -1.16. The van der Waals surface area contributed by atoms with Crippen LogP contribution in [0.25, 0.3) is 0 Å². The highest BCUT2D eigenvalue weighted by molar-refractivity contribution is 6.04. The zero-order valence-electron chi connectivity index (χ0n) is 12.7. The molecule has 1 amide bonds. The first-order valence-electron chi connectivity index (χ1n) is 7.80. The number of hydrogen-bond acceptors (Lipinski definition) is 3. The molecule has 1 heterocycles. The molecular weight excluding hydrogens is 282 g/mol.